The number of nitrogens with zero attached hydrogens (tertiary/aromatic N) is 2. The van der Waals surface area contributed by atoms with Crippen LogP contribution in [0.4, 0.5) is 0 Å². The molecule has 6 heteroatoms. The molecule has 1 aromatic carbocycles. The molecule has 0 saturated carbocycles. The number of rotatable bonds is 4. The third-order valence-electron chi connectivity index (χ3n) is 2.60. The summed E-state index contributed by atoms with van der Waals surface area (Å²) in [5.41, 5.74) is 1.41. The molecular formula is C14H12N2O2S2. The Morgan fingerprint density at radius 2 is 1.95 bits per heavy atom. The molecule has 0 radical (unpaired) electrons. The highest BCUT2D eigenvalue weighted by molar-refractivity contribution is 7.98. The van der Waals surface area contributed by atoms with Crippen molar-refractivity contribution in [2.24, 2.45) is 0 Å². The maximum absolute atomic E-state index is 11.3. The summed E-state index contributed by atoms with van der Waals surface area (Å²) in [6.45, 7) is 0. The molecule has 0 bridgehead atoms. The highest BCUT2D eigenvalue weighted by atomic mass is 32.2. The SMILES string of the molecule is CS(=O)(=O)c1ccc(SCc2ccnc(C#N)c2)cc1. The minimum atomic E-state index is -3.15. The van der Waals surface area contributed by atoms with Crippen LogP contribution in [0, 0.1) is 11.3 Å². The van der Waals surface area contributed by atoms with E-state index in [-0.39, 0.29) is 0 Å². The quantitative estimate of drug-likeness (QED) is 0.812. The van der Waals surface area contributed by atoms with Gasteiger partial charge in [0, 0.05) is 23.1 Å². The molecular weight excluding hydrogens is 292 g/mol. The largest absolute Gasteiger partial charge is 0.246 e. The minimum Gasteiger partial charge on any atom is -0.246 e. The minimum absolute atomic E-state index is 0.317. The van der Waals surface area contributed by atoms with E-state index < -0.39 is 9.84 Å². The number of pyridine rings is 1. The second kappa shape index (κ2) is 6.07. The molecule has 102 valence electrons. The van der Waals surface area contributed by atoms with Crippen molar-refractivity contribution < 1.29 is 8.42 Å². The maximum Gasteiger partial charge on any atom is 0.175 e. The average Bonchev–Trinajstić information content (AvgIpc) is 2.45. The molecule has 2 rings (SSSR count). The van der Waals surface area contributed by atoms with E-state index in [2.05, 4.69) is 4.98 Å². The van der Waals surface area contributed by atoms with Gasteiger partial charge in [-0.15, -0.1) is 11.8 Å². The zero-order valence-electron chi connectivity index (χ0n) is 10.8. The van der Waals surface area contributed by atoms with Gasteiger partial charge in [0.1, 0.15) is 11.8 Å². The molecule has 0 aliphatic rings. The first kappa shape index (κ1) is 14.6. The van der Waals surface area contributed by atoms with Crippen LogP contribution in [0.3, 0.4) is 0 Å². The summed E-state index contributed by atoms with van der Waals surface area (Å²) < 4.78 is 22.7. The summed E-state index contributed by atoms with van der Waals surface area (Å²) in [5, 5.41) is 8.78. The molecule has 1 aromatic heterocycles. The van der Waals surface area contributed by atoms with E-state index in [4.69, 9.17) is 5.26 Å². The van der Waals surface area contributed by atoms with Crippen molar-refractivity contribution in [3.8, 4) is 6.07 Å². The van der Waals surface area contributed by atoms with Gasteiger partial charge in [-0.2, -0.15) is 5.26 Å². The van der Waals surface area contributed by atoms with Crippen LogP contribution in [0.2, 0.25) is 0 Å². The van der Waals surface area contributed by atoms with Gasteiger partial charge >= 0.3 is 0 Å². The van der Waals surface area contributed by atoms with E-state index in [0.717, 1.165) is 10.5 Å². The van der Waals surface area contributed by atoms with Crippen molar-refractivity contribution in [1.29, 1.82) is 5.26 Å². The van der Waals surface area contributed by atoms with E-state index >= 15 is 0 Å². The van der Waals surface area contributed by atoms with Crippen molar-refractivity contribution in [1.82, 2.24) is 4.98 Å². The fraction of sp³-hybridized carbons (Fsp3) is 0.143. The van der Waals surface area contributed by atoms with Crippen molar-refractivity contribution >= 4 is 21.6 Å². The topological polar surface area (TPSA) is 70.8 Å². The lowest BCUT2D eigenvalue weighted by Gasteiger charge is -2.03. The zero-order chi connectivity index (χ0) is 14.6. The highest BCUT2D eigenvalue weighted by Crippen LogP contribution is 2.24. The molecule has 0 aliphatic carbocycles. The van der Waals surface area contributed by atoms with Crippen LogP contribution >= 0.6 is 11.8 Å². The monoisotopic (exact) mass is 304 g/mol. The lowest BCUT2D eigenvalue weighted by molar-refractivity contribution is 0.602. The molecule has 0 amide bonds. The fourth-order valence-corrected chi connectivity index (χ4v) is 3.05. The number of hydrogen-bond acceptors (Lipinski definition) is 5. The van der Waals surface area contributed by atoms with Gasteiger partial charge < -0.3 is 0 Å². The van der Waals surface area contributed by atoms with Gasteiger partial charge in [-0.25, -0.2) is 13.4 Å². The van der Waals surface area contributed by atoms with Gasteiger partial charge in [0.15, 0.2) is 9.84 Å². The van der Waals surface area contributed by atoms with Gasteiger partial charge in [0.25, 0.3) is 0 Å². The van der Waals surface area contributed by atoms with Gasteiger partial charge in [0.2, 0.25) is 0 Å². The Labute approximate surface area is 122 Å². The summed E-state index contributed by atoms with van der Waals surface area (Å²) in [6.07, 6.45) is 2.80. The first-order valence-corrected chi connectivity index (χ1v) is 8.65. The number of aromatic nitrogens is 1. The van der Waals surface area contributed by atoms with E-state index in [1.165, 1.54) is 6.26 Å². The van der Waals surface area contributed by atoms with Crippen LogP contribution in [0.25, 0.3) is 0 Å². The Balaban J connectivity index is 2.06. The molecule has 0 N–H and O–H groups in total. The average molecular weight is 304 g/mol. The Hall–Kier alpha value is -1.84. The summed E-state index contributed by atoms with van der Waals surface area (Å²) >= 11 is 1.58. The lowest BCUT2D eigenvalue weighted by Crippen LogP contribution is -1.96. The van der Waals surface area contributed by atoms with E-state index in [1.807, 2.05) is 12.1 Å². The molecule has 1 heterocycles. The maximum atomic E-state index is 11.3. The molecule has 0 fully saturated rings. The third-order valence-corrected chi connectivity index (χ3v) is 4.81. The fourth-order valence-electron chi connectivity index (χ4n) is 1.57. The van der Waals surface area contributed by atoms with Crippen LogP contribution in [0.5, 0.6) is 0 Å². The summed E-state index contributed by atoms with van der Waals surface area (Å²) in [5.74, 6) is 0.704. The predicted molar refractivity (Wildman–Crippen MR) is 78.1 cm³/mol. The number of nitriles is 1. The first-order chi connectivity index (χ1) is 9.49. The van der Waals surface area contributed by atoms with Crippen LogP contribution in [-0.2, 0) is 15.6 Å². The number of sulfone groups is 1. The molecule has 0 atom stereocenters. The summed E-state index contributed by atoms with van der Waals surface area (Å²) in [7, 11) is -3.15. The highest BCUT2D eigenvalue weighted by Gasteiger charge is 2.06. The molecule has 20 heavy (non-hydrogen) atoms. The van der Waals surface area contributed by atoms with Crippen molar-refractivity contribution in [2.75, 3.05) is 6.26 Å². The Morgan fingerprint density at radius 3 is 2.55 bits per heavy atom. The van der Waals surface area contributed by atoms with Crippen LogP contribution < -0.4 is 0 Å². The van der Waals surface area contributed by atoms with Crippen LogP contribution in [-0.4, -0.2) is 19.7 Å². The molecule has 0 spiro atoms. The van der Waals surface area contributed by atoms with Crippen molar-refractivity contribution in [3.05, 3.63) is 53.9 Å². The predicted octanol–water partition coefficient (Wildman–Crippen LogP) is 2.65. The van der Waals surface area contributed by atoms with Crippen LogP contribution in [0.15, 0.2) is 52.4 Å². The summed E-state index contributed by atoms with van der Waals surface area (Å²) in [6, 6.07) is 12.4. The van der Waals surface area contributed by atoms with E-state index in [0.29, 0.717) is 16.3 Å². The Morgan fingerprint density at radius 1 is 1.25 bits per heavy atom. The van der Waals surface area contributed by atoms with Crippen molar-refractivity contribution in [3.63, 3.8) is 0 Å². The van der Waals surface area contributed by atoms with Gasteiger partial charge in [0.05, 0.1) is 4.90 Å². The normalized spacial score (nSPS) is 11.0. The van der Waals surface area contributed by atoms with E-state index in [1.54, 1.807) is 48.3 Å². The Kier molecular flexibility index (Phi) is 4.42. The molecule has 4 nitrogen and oxygen atoms in total. The standard InChI is InChI=1S/C14H12N2O2S2/c1-20(17,18)14-4-2-13(3-5-14)19-10-11-6-7-16-12(8-11)9-15/h2-8H,10H2,1H3. The Bertz CT molecular complexity index is 747. The zero-order valence-corrected chi connectivity index (χ0v) is 12.4. The smallest absolute Gasteiger partial charge is 0.175 e. The molecule has 0 saturated heterocycles. The lowest BCUT2D eigenvalue weighted by atomic mass is 10.2. The second-order valence-corrected chi connectivity index (χ2v) is 7.26. The number of benzene rings is 1. The number of hydrogen-bond donors (Lipinski definition) is 0. The number of thioether (sulfide) groups is 1. The molecule has 2 aromatic rings. The molecule has 0 unspecified atom stereocenters. The van der Waals surface area contributed by atoms with Gasteiger partial charge in [-0.3, -0.25) is 0 Å². The second-order valence-electron chi connectivity index (χ2n) is 4.19. The van der Waals surface area contributed by atoms with Gasteiger partial charge in [-0.05, 0) is 42.0 Å². The van der Waals surface area contributed by atoms with Gasteiger partial charge in [-0.1, -0.05) is 0 Å². The first-order valence-electron chi connectivity index (χ1n) is 5.77. The summed E-state index contributed by atoms with van der Waals surface area (Å²) in [4.78, 5) is 5.21. The van der Waals surface area contributed by atoms with Crippen molar-refractivity contribution in [2.45, 2.75) is 15.5 Å². The third kappa shape index (κ3) is 3.83. The van der Waals surface area contributed by atoms with Crippen LogP contribution in [0.1, 0.15) is 11.3 Å². The molecule has 0 aliphatic heterocycles. The van der Waals surface area contributed by atoms with E-state index in [9.17, 15) is 8.42 Å².